The van der Waals surface area contributed by atoms with Gasteiger partial charge in [-0.25, -0.2) is 14.1 Å². The Bertz CT molecular complexity index is 1050. The summed E-state index contributed by atoms with van der Waals surface area (Å²) in [6, 6.07) is 4.45. The topological polar surface area (TPSA) is 92.0 Å². The first-order chi connectivity index (χ1) is 14.5. The van der Waals surface area contributed by atoms with Gasteiger partial charge in [-0.2, -0.15) is 5.10 Å². The van der Waals surface area contributed by atoms with E-state index in [9.17, 15) is 9.50 Å². The number of hydrogen-bond donors (Lipinski definition) is 2. The molecule has 0 spiro atoms. The number of nitrogens with one attached hydrogen (secondary N) is 1. The number of rotatable bonds is 4. The zero-order valence-electron chi connectivity index (χ0n) is 18.5. The molecule has 0 bridgehead atoms. The number of phenols is 1. The number of halogens is 1. The van der Waals surface area contributed by atoms with E-state index in [2.05, 4.69) is 58.2 Å². The van der Waals surface area contributed by atoms with Crippen LogP contribution in [0.2, 0.25) is 0 Å². The fourth-order valence-corrected chi connectivity index (χ4v) is 4.60. The van der Waals surface area contributed by atoms with Crippen molar-refractivity contribution in [3.05, 3.63) is 42.6 Å². The minimum Gasteiger partial charge on any atom is -0.507 e. The predicted octanol–water partition coefficient (Wildman–Crippen LogP) is 3.31. The zero-order valence-corrected chi connectivity index (χ0v) is 18.5. The van der Waals surface area contributed by atoms with E-state index in [4.69, 9.17) is 0 Å². The first-order valence-electron chi connectivity index (χ1n) is 10.3. The Balaban J connectivity index is 1.58. The van der Waals surface area contributed by atoms with Crippen molar-refractivity contribution >= 4 is 5.82 Å². The summed E-state index contributed by atoms with van der Waals surface area (Å²) in [6.07, 6.45) is 6.67. The van der Waals surface area contributed by atoms with Gasteiger partial charge in [-0.05, 0) is 52.7 Å². The summed E-state index contributed by atoms with van der Waals surface area (Å²) in [4.78, 5) is 6.44. The number of hydrogen-bond acceptors (Lipinski definition) is 7. The Labute approximate surface area is 181 Å². The van der Waals surface area contributed by atoms with Crippen LogP contribution in [0.3, 0.4) is 0 Å². The molecule has 2 aromatic heterocycles. The van der Waals surface area contributed by atoms with Crippen LogP contribution in [-0.2, 0) is 0 Å². The lowest BCUT2D eigenvalue weighted by molar-refractivity contribution is 0.160. The second-order valence-corrected chi connectivity index (χ2v) is 9.48. The van der Waals surface area contributed by atoms with Gasteiger partial charge in [0.2, 0.25) is 0 Å². The summed E-state index contributed by atoms with van der Waals surface area (Å²) < 4.78 is 16.0. The molecule has 1 aromatic carbocycles. The molecule has 3 aromatic rings. The summed E-state index contributed by atoms with van der Waals surface area (Å²) >= 11 is 0. The lowest BCUT2D eigenvalue weighted by Gasteiger charge is -2.49. The van der Waals surface area contributed by atoms with Gasteiger partial charge >= 0.3 is 0 Å². The van der Waals surface area contributed by atoms with E-state index in [0.29, 0.717) is 5.82 Å². The van der Waals surface area contributed by atoms with E-state index in [-0.39, 0.29) is 39.9 Å². The van der Waals surface area contributed by atoms with Gasteiger partial charge in [0.1, 0.15) is 17.3 Å². The Morgan fingerprint density at radius 1 is 1.16 bits per heavy atom. The average Bonchev–Trinajstić information content (AvgIpc) is 3.21. The molecule has 1 aliphatic rings. The van der Waals surface area contributed by atoms with E-state index in [1.54, 1.807) is 18.5 Å². The molecule has 31 heavy (non-hydrogen) atoms. The molecule has 164 valence electrons. The van der Waals surface area contributed by atoms with E-state index < -0.39 is 5.82 Å². The van der Waals surface area contributed by atoms with Crippen LogP contribution >= 0.6 is 0 Å². The van der Waals surface area contributed by atoms with E-state index >= 15 is 0 Å². The fraction of sp³-hybridized carbons (Fsp3) is 0.455. The van der Waals surface area contributed by atoms with Crippen LogP contribution in [0.25, 0.3) is 17.1 Å². The standard InChI is InChI=1S/C22H28FN7O/c1-21(2)11-14(12-22(3,4)28-21)29(5)19-13-24-20(27-26-19)15-9-16(23)17(10-18(15)31)30-8-6-7-25-30/h6-10,13-14,28,31H,11-12H2,1-5H3. The lowest BCUT2D eigenvalue weighted by Crippen LogP contribution is -2.62. The van der Waals surface area contributed by atoms with Crippen molar-refractivity contribution in [2.75, 3.05) is 11.9 Å². The molecular weight excluding hydrogens is 397 g/mol. The monoisotopic (exact) mass is 425 g/mol. The Morgan fingerprint density at radius 3 is 2.45 bits per heavy atom. The maximum absolute atomic E-state index is 14.6. The van der Waals surface area contributed by atoms with Crippen molar-refractivity contribution in [2.24, 2.45) is 0 Å². The number of phenolic OH excluding ortho intramolecular Hbond substituents is 1. The number of benzene rings is 1. The van der Waals surface area contributed by atoms with Crippen LogP contribution in [0.1, 0.15) is 40.5 Å². The fourth-order valence-electron chi connectivity index (χ4n) is 4.60. The number of aromatic nitrogens is 5. The first-order valence-corrected chi connectivity index (χ1v) is 10.3. The van der Waals surface area contributed by atoms with Crippen molar-refractivity contribution in [3.63, 3.8) is 0 Å². The van der Waals surface area contributed by atoms with Gasteiger partial charge in [0.15, 0.2) is 11.6 Å². The second-order valence-electron chi connectivity index (χ2n) is 9.48. The Morgan fingerprint density at radius 2 is 1.87 bits per heavy atom. The molecule has 2 N–H and O–H groups in total. The van der Waals surface area contributed by atoms with Crippen LogP contribution < -0.4 is 10.2 Å². The molecule has 0 radical (unpaired) electrons. The molecule has 1 fully saturated rings. The Hall–Kier alpha value is -3.07. The SMILES string of the molecule is CN(c1cnc(-c2cc(F)c(-n3cccn3)cc2O)nn1)C1CC(C)(C)NC(C)(C)C1. The van der Waals surface area contributed by atoms with Crippen molar-refractivity contribution in [1.29, 1.82) is 0 Å². The van der Waals surface area contributed by atoms with Crippen LogP contribution in [0.4, 0.5) is 10.2 Å². The number of piperidine rings is 1. The van der Waals surface area contributed by atoms with Crippen LogP contribution in [0, 0.1) is 5.82 Å². The third kappa shape index (κ3) is 4.36. The minimum absolute atomic E-state index is 0.00110. The van der Waals surface area contributed by atoms with Gasteiger partial charge in [0, 0.05) is 42.6 Å². The maximum Gasteiger partial charge on any atom is 0.185 e. The third-order valence-electron chi connectivity index (χ3n) is 5.68. The highest BCUT2D eigenvalue weighted by molar-refractivity contribution is 5.66. The zero-order chi connectivity index (χ0) is 22.4. The average molecular weight is 426 g/mol. The van der Waals surface area contributed by atoms with Gasteiger partial charge in [0.25, 0.3) is 0 Å². The van der Waals surface area contributed by atoms with E-state index in [0.717, 1.165) is 12.8 Å². The summed E-state index contributed by atoms with van der Waals surface area (Å²) in [7, 11) is 1.99. The molecule has 9 heteroatoms. The van der Waals surface area contributed by atoms with Crippen LogP contribution in [0.15, 0.2) is 36.8 Å². The predicted molar refractivity (Wildman–Crippen MR) is 117 cm³/mol. The molecule has 8 nitrogen and oxygen atoms in total. The highest BCUT2D eigenvalue weighted by atomic mass is 19.1. The van der Waals surface area contributed by atoms with E-state index in [1.807, 2.05) is 7.05 Å². The second kappa shape index (κ2) is 7.56. The first kappa shape index (κ1) is 21.2. The molecule has 0 unspecified atom stereocenters. The summed E-state index contributed by atoms with van der Waals surface area (Å²) in [5.41, 5.74) is 0.327. The minimum atomic E-state index is -0.541. The highest BCUT2D eigenvalue weighted by Gasteiger charge is 2.39. The van der Waals surface area contributed by atoms with Gasteiger partial charge in [-0.1, -0.05) is 0 Å². The molecule has 0 aliphatic carbocycles. The molecule has 4 rings (SSSR count). The van der Waals surface area contributed by atoms with Crippen molar-refractivity contribution in [2.45, 2.75) is 57.7 Å². The smallest absolute Gasteiger partial charge is 0.185 e. The van der Waals surface area contributed by atoms with Crippen LogP contribution in [0.5, 0.6) is 5.75 Å². The summed E-state index contributed by atoms with van der Waals surface area (Å²) in [5.74, 6) is 0.110. The number of aromatic hydroxyl groups is 1. The normalized spacial score (nSPS) is 18.1. The molecule has 0 saturated carbocycles. The molecular formula is C22H28FN7O. The molecule has 1 saturated heterocycles. The summed E-state index contributed by atoms with van der Waals surface area (Å²) in [6.45, 7) is 8.80. The summed E-state index contributed by atoms with van der Waals surface area (Å²) in [5, 5.41) is 26.6. The number of nitrogens with zero attached hydrogens (tertiary/aromatic N) is 6. The molecule has 0 amide bonds. The largest absolute Gasteiger partial charge is 0.507 e. The Kier molecular flexibility index (Phi) is 5.17. The quantitative estimate of drug-likeness (QED) is 0.662. The van der Waals surface area contributed by atoms with Crippen molar-refractivity contribution < 1.29 is 9.50 Å². The van der Waals surface area contributed by atoms with Gasteiger partial charge in [-0.3, -0.25) is 0 Å². The maximum atomic E-state index is 14.6. The number of anilines is 1. The lowest BCUT2D eigenvalue weighted by atomic mass is 9.79. The van der Waals surface area contributed by atoms with Gasteiger partial charge in [0.05, 0.1) is 11.8 Å². The molecule has 3 heterocycles. The van der Waals surface area contributed by atoms with Crippen LogP contribution in [-0.4, -0.2) is 54.2 Å². The van der Waals surface area contributed by atoms with Gasteiger partial charge < -0.3 is 15.3 Å². The molecule has 0 atom stereocenters. The van der Waals surface area contributed by atoms with Crippen molar-refractivity contribution in [1.82, 2.24) is 30.3 Å². The highest BCUT2D eigenvalue weighted by Crippen LogP contribution is 2.33. The van der Waals surface area contributed by atoms with Gasteiger partial charge in [-0.15, -0.1) is 10.2 Å². The van der Waals surface area contributed by atoms with Crippen molar-refractivity contribution in [3.8, 4) is 22.8 Å². The van der Waals surface area contributed by atoms with E-state index in [1.165, 1.54) is 23.0 Å². The molecule has 1 aliphatic heterocycles. The third-order valence-corrected chi connectivity index (χ3v) is 5.68.